The maximum atomic E-state index is 12.0. The van der Waals surface area contributed by atoms with Gasteiger partial charge in [0.1, 0.15) is 12.1 Å². The van der Waals surface area contributed by atoms with Crippen LogP contribution >= 0.6 is 0 Å². The van der Waals surface area contributed by atoms with Crippen molar-refractivity contribution in [3.8, 4) is 0 Å². The van der Waals surface area contributed by atoms with E-state index in [0.717, 1.165) is 0 Å². The third-order valence-corrected chi connectivity index (χ3v) is 2.71. The van der Waals surface area contributed by atoms with Gasteiger partial charge in [-0.25, -0.2) is 4.79 Å². The van der Waals surface area contributed by atoms with Gasteiger partial charge in [0.2, 0.25) is 5.91 Å². The molecule has 1 aromatic carbocycles. The van der Waals surface area contributed by atoms with Crippen molar-refractivity contribution < 1.29 is 19.1 Å². The molecule has 3 amide bonds. The van der Waals surface area contributed by atoms with Gasteiger partial charge in [-0.1, -0.05) is 0 Å². The zero-order valence-corrected chi connectivity index (χ0v) is 15.6. The average Bonchev–Trinajstić information content (AvgIpc) is 2.42. The highest BCUT2D eigenvalue weighted by Crippen LogP contribution is 2.11. The van der Waals surface area contributed by atoms with Crippen molar-refractivity contribution >= 4 is 23.6 Å². The number of anilines is 1. The Balaban J connectivity index is 2.51. The van der Waals surface area contributed by atoms with E-state index in [4.69, 9.17) is 4.74 Å². The van der Waals surface area contributed by atoms with Gasteiger partial charge in [-0.05, 0) is 65.8 Å². The van der Waals surface area contributed by atoms with Crippen molar-refractivity contribution in [3.05, 3.63) is 29.8 Å². The smallest absolute Gasteiger partial charge is 0.408 e. The molecule has 0 heterocycles. The first-order valence-electron chi connectivity index (χ1n) is 8.05. The van der Waals surface area contributed by atoms with Gasteiger partial charge in [0.25, 0.3) is 5.91 Å². The molecule has 138 valence electrons. The zero-order valence-electron chi connectivity index (χ0n) is 15.6. The highest BCUT2D eigenvalue weighted by atomic mass is 16.6. The minimum Gasteiger partial charge on any atom is -0.444 e. The third kappa shape index (κ3) is 8.74. The van der Waals surface area contributed by atoms with E-state index in [2.05, 4.69) is 16.0 Å². The van der Waals surface area contributed by atoms with Crippen LogP contribution in [0.2, 0.25) is 0 Å². The molecular formula is C18H27N3O4. The summed E-state index contributed by atoms with van der Waals surface area (Å²) in [6, 6.07) is 6.50. The number of hydrogen-bond acceptors (Lipinski definition) is 4. The molecular weight excluding hydrogens is 322 g/mol. The van der Waals surface area contributed by atoms with Gasteiger partial charge in [-0.3, -0.25) is 9.59 Å². The summed E-state index contributed by atoms with van der Waals surface area (Å²) in [6.45, 7) is 10.7. The van der Waals surface area contributed by atoms with Gasteiger partial charge in [0.15, 0.2) is 0 Å². The molecule has 0 aliphatic heterocycles. The van der Waals surface area contributed by atoms with Crippen LogP contribution in [0.4, 0.5) is 10.5 Å². The highest BCUT2D eigenvalue weighted by molar-refractivity contribution is 5.97. The summed E-state index contributed by atoms with van der Waals surface area (Å²) in [5.41, 5.74) is 0.0875. The number of carbonyl (C=O) groups is 3. The molecule has 1 rings (SSSR count). The number of rotatable bonds is 4. The van der Waals surface area contributed by atoms with Crippen LogP contribution in [0.5, 0.6) is 0 Å². The van der Waals surface area contributed by atoms with Crippen LogP contribution in [-0.4, -0.2) is 35.6 Å². The van der Waals surface area contributed by atoms with Crippen LogP contribution in [0.3, 0.4) is 0 Å². The first-order chi connectivity index (χ1) is 11.4. The number of alkyl carbamates (subject to hydrolysis) is 1. The van der Waals surface area contributed by atoms with E-state index in [-0.39, 0.29) is 18.0 Å². The quantitative estimate of drug-likeness (QED) is 0.778. The standard InChI is InChI=1S/C18H27N3O4/c1-17(2,3)21-15(23)12-7-9-13(10-8-12)20-14(22)11-19-16(24)25-18(4,5)6/h7-10H,11H2,1-6H3,(H,19,24)(H,20,22)(H,21,23). The number of nitrogens with one attached hydrogen (secondary N) is 3. The van der Waals surface area contributed by atoms with E-state index in [1.807, 2.05) is 20.8 Å². The molecule has 0 unspecified atom stereocenters. The summed E-state index contributed by atoms with van der Waals surface area (Å²) >= 11 is 0. The predicted molar refractivity (Wildman–Crippen MR) is 96.5 cm³/mol. The van der Waals surface area contributed by atoms with E-state index >= 15 is 0 Å². The molecule has 0 bridgehead atoms. The Bertz CT molecular complexity index is 625. The summed E-state index contributed by atoms with van der Waals surface area (Å²) in [5.74, 6) is -0.574. The summed E-state index contributed by atoms with van der Waals surface area (Å²) in [5, 5.41) is 7.87. The van der Waals surface area contributed by atoms with E-state index in [1.54, 1.807) is 45.0 Å². The lowest BCUT2D eigenvalue weighted by Gasteiger charge is -2.20. The van der Waals surface area contributed by atoms with E-state index in [1.165, 1.54) is 0 Å². The van der Waals surface area contributed by atoms with Gasteiger partial charge < -0.3 is 20.7 Å². The predicted octanol–water partition coefficient (Wildman–Crippen LogP) is 2.68. The normalized spacial score (nSPS) is 11.4. The fourth-order valence-electron chi connectivity index (χ4n) is 1.79. The average molecular weight is 349 g/mol. The van der Waals surface area contributed by atoms with Crippen molar-refractivity contribution in [2.24, 2.45) is 0 Å². The molecule has 0 saturated carbocycles. The lowest BCUT2D eigenvalue weighted by Crippen LogP contribution is -2.40. The molecule has 7 heteroatoms. The lowest BCUT2D eigenvalue weighted by atomic mass is 10.1. The largest absolute Gasteiger partial charge is 0.444 e. The monoisotopic (exact) mass is 349 g/mol. The van der Waals surface area contributed by atoms with Gasteiger partial charge in [0.05, 0.1) is 0 Å². The molecule has 0 saturated heterocycles. The van der Waals surface area contributed by atoms with Gasteiger partial charge in [-0.2, -0.15) is 0 Å². The number of amides is 3. The number of hydrogen-bond donors (Lipinski definition) is 3. The molecule has 0 fully saturated rings. The van der Waals surface area contributed by atoms with Gasteiger partial charge in [0, 0.05) is 16.8 Å². The van der Waals surface area contributed by atoms with Crippen molar-refractivity contribution in [1.82, 2.24) is 10.6 Å². The Morgan fingerprint density at radius 2 is 1.52 bits per heavy atom. The second-order valence-electron chi connectivity index (χ2n) is 7.69. The van der Waals surface area contributed by atoms with Crippen molar-refractivity contribution in [3.63, 3.8) is 0 Å². The van der Waals surface area contributed by atoms with Crippen LogP contribution < -0.4 is 16.0 Å². The highest BCUT2D eigenvalue weighted by Gasteiger charge is 2.17. The van der Waals surface area contributed by atoms with E-state index < -0.39 is 17.6 Å². The summed E-state index contributed by atoms with van der Waals surface area (Å²) < 4.78 is 5.05. The SMILES string of the molecule is CC(C)(C)NC(=O)c1ccc(NC(=O)CNC(=O)OC(C)(C)C)cc1. The Labute approximate surface area is 148 Å². The van der Waals surface area contributed by atoms with Crippen LogP contribution in [0, 0.1) is 0 Å². The third-order valence-electron chi connectivity index (χ3n) is 2.71. The molecule has 25 heavy (non-hydrogen) atoms. The number of benzene rings is 1. The molecule has 0 atom stereocenters. The molecule has 0 aromatic heterocycles. The summed E-state index contributed by atoms with van der Waals surface area (Å²) in [7, 11) is 0. The molecule has 7 nitrogen and oxygen atoms in total. The first kappa shape index (κ1) is 20.5. The summed E-state index contributed by atoms with van der Waals surface area (Å²) in [6.07, 6.45) is -0.656. The molecule has 1 aromatic rings. The maximum Gasteiger partial charge on any atom is 0.408 e. The molecule has 0 spiro atoms. The Morgan fingerprint density at radius 1 is 0.960 bits per heavy atom. The Morgan fingerprint density at radius 3 is 2.00 bits per heavy atom. The summed E-state index contributed by atoms with van der Waals surface area (Å²) in [4.78, 5) is 35.3. The van der Waals surface area contributed by atoms with Crippen molar-refractivity contribution in [2.45, 2.75) is 52.7 Å². The first-order valence-corrected chi connectivity index (χ1v) is 8.05. The van der Waals surface area contributed by atoms with Crippen LogP contribution in [0.15, 0.2) is 24.3 Å². The van der Waals surface area contributed by atoms with Gasteiger partial charge >= 0.3 is 6.09 Å². The van der Waals surface area contributed by atoms with Crippen LogP contribution in [0.25, 0.3) is 0 Å². The molecule has 0 aliphatic rings. The minimum atomic E-state index is -0.656. The van der Waals surface area contributed by atoms with Crippen LogP contribution in [-0.2, 0) is 9.53 Å². The van der Waals surface area contributed by atoms with E-state index in [9.17, 15) is 14.4 Å². The second kappa shape index (κ2) is 8.00. The fraction of sp³-hybridized carbons (Fsp3) is 0.500. The lowest BCUT2D eigenvalue weighted by molar-refractivity contribution is -0.115. The van der Waals surface area contributed by atoms with Crippen molar-refractivity contribution in [2.75, 3.05) is 11.9 Å². The van der Waals surface area contributed by atoms with Gasteiger partial charge in [-0.15, -0.1) is 0 Å². The van der Waals surface area contributed by atoms with E-state index in [0.29, 0.717) is 11.3 Å². The number of ether oxygens (including phenoxy) is 1. The molecule has 0 aliphatic carbocycles. The topological polar surface area (TPSA) is 96.5 Å². The Hall–Kier alpha value is -2.57. The zero-order chi connectivity index (χ0) is 19.3. The Kier molecular flexibility index (Phi) is 6.55. The van der Waals surface area contributed by atoms with Crippen LogP contribution in [0.1, 0.15) is 51.9 Å². The maximum absolute atomic E-state index is 12.0. The molecule has 0 radical (unpaired) electrons. The fourth-order valence-corrected chi connectivity index (χ4v) is 1.79. The molecule has 3 N–H and O–H groups in total. The number of carbonyl (C=O) groups excluding carboxylic acids is 3. The van der Waals surface area contributed by atoms with Crippen molar-refractivity contribution in [1.29, 1.82) is 0 Å². The minimum absolute atomic E-state index is 0.183. The second-order valence-corrected chi connectivity index (χ2v) is 7.69.